The molecule has 0 aliphatic carbocycles. The van der Waals surface area contributed by atoms with Crippen LogP contribution in [0.5, 0.6) is 0 Å². The fourth-order valence-electron chi connectivity index (χ4n) is 2.03. The van der Waals surface area contributed by atoms with E-state index in [1.54, 1.807) is 0 Å². The van der Waals surface area contributed by atoms with E-state index in [-0.39, 0.29) is 17.7 Å². The van der Waals surface area contributed by atoms with Gasteiger partial charge in [0.25, 0.3) is 5.91 Å². The van der Waals surface area contributed by atoms with E-state index in [1.807, 2.05) is 31.2 Å². The largest absolute Gasteiger partial charge is 0.355 e. The zero-order valence-corrected chi connectivity index (χ0v) is 9.82. The fourth-order valence-corrected chi connectivity index (χ4v) is 2.03. The first-order chi connectivity index (χ1) is 8.22. The van der Waals surface area contributed by atoms with Gasteiger partial charge in [-0.1, -0.05) is 25.1 Å². The van der Waals surface area contributed by atoms with E-state index in [0.29, 0.717) is 19.5 Å². The van der Waals surface area contributed by atoms with Crippen molar-refractivity contribution in [1.29, 1.82) is 0 Å². The molecule has 0 saturated carbocycles. The van der Waals surface area contributed by atoms with E-state index < -0.39 is 0 Å². The molecule has 0 radical (unpaired) electrons. The third-order valence-electron chi connectivity index (χ3n) is 3.02. The van der Waals surface area contributed by atoms with Crippen LogP contribution in [-0.4, -0.2) is 24.9 Å². The summed E-state index contributed by atoms with van der Waals surface area (Å²) < 4.78 is 0. The maximum atomic E-state index is 11.6. The summed E-state index contributed by atoms with van der Waals surface area (Å²) >= 11 is 0. The van der Waals surface area contributed by atoms with Gasteiger partial charge >= 0.3 is 0 Å². The van der Waals surface area contributed by atoms with Crippen LogP contribution in [0, 0.1) is 0 Å². The first-order valence-corrected chi connectivity index (χ1v) is 5.86. The number of carbonyl (C=O) groups is 2. The molecule has 4 nitrogen and oxygen atoms in total. The Hall–Kier alpha value is -1.84. The van der Waals surface area contributed by atoms with Crippen molar-refractivity contribution in [3.8, 4) is 0 Å². The third kappa shape index (κ3) is 2.46. The van der Waals surface area contributed by atoms with Crippen LogP contribution in [0.3, 0.4) is 0 Å². The van der Waals surface area contributed by atoms with Crippen molar-refractivity contribution in [2.45, 2.75) is 19.3 Å². The first kappa shape index (κ1) is 11.6. The summed E-state index contributed by atoms with van der Waals surface area (Å²) in [6.07, 6.45) is 0.487. The van der Waals surface area contributed by atoms with Crippen molar-refractivity contribution in [3.63, 3.8) is 0 Å². The number of hydrogen-bond acceptors (Lipinski definition) is 2. The molecule has 0 aromatic heterocycles. The van der Waals surface area contributed by atoms with Gasteiger partial charge in [0.05, 0.1) is 0 Å². The van der Waals surface area contributed by atoms with Gasteiger partial charge in [-0.05, 0) is 11.6 Å². The Balaban J connectivity index is 2.13. The summed E-state index contributed by atoms with van der Waals surface area (Å²) in [5.41, 5.74) is 1.74. The standard InChI is InChI=1S/C13H16N2O2/c1-2-12(16)14-7-9-8-15-13(17)11-6-4-3-5-10(9)11/h3-6,9H,2,7-8H2,1H3,(H,14,16)(H,15,17). The molecule has 1 heterocycles. The van der Waals surface area contributed by atoms with Crippen LogP contribution in [0.1, 0.15) is 35.2 Å². The zero-order valence-electron chi connectivity index (χ0n) is 9.82. The van der Waals surface area contributed by atoms with Gasteiger partial charge in [0.2, 0.25) is 5.91 Å². The van der Waals surface area contributed by atoms with Gasteiger partial charge in [-0.2, -0.15) is 0 Å². The monoisotopic (exact) mass is 232 g/mol. The molecule has 2 N–H and O–H groups in total. The minimum absolute atomic E-state index is 0.0290. The Labute approximate surface area is 100 Å². The van der Waals surface area contributed by atoms with E-state index in [2.05, 4.69) is 10.6 Å². The summed E-state index contributed by atoms with van der Waals surface area (Å²) in [6, 6.07) is 7.55. The zero-order chi connectivity index (χ0) is 12.3. The first-order valence-electron chi connectivity index (χ1n) is 5.86. The highest BCUT2D eigenvalue weighted by Crippen LogP contribution is 2.22. The Morgan fingerprint density at radius 2 is 2.24 bits per heavy atom. The Bertz CT molecular complexity index is 443. The minimum Gasteiger partial charge on any atom is -0.355 e. The number of carbonyl (C=O) groups excluding carboxylic acids is 2. The summed E-state index contributed by atoms with van der Waals surface area (Å²) in [5, 5.41) is 5.71. The molecule has 1 unspecified atom stereocenters. The molecule has 1 aromatic carbocycles. The number of rotatable bonds is 3. The molecule has 2 rings (SSSR count). The van der Waals surface area contributed by atoms with Crippen LogP contribution in [0.25, 0.3) is 0 Å². The Kier molecular flexibility index (Phi) is 3.42. The van der Waals surface area contributed by atoms with Gasteiger partial charge in [-0.3, -0.25) is 9.59 Å². The van der Waals surface area contributed by atoms with Gasteiger partial charge in [0, 0.05) is 31.0 Å². The third-order valence-corrected chi connectivity index (χ3v) is 3.02. The number of benzene rings is 1. The van der Waals surface area contributed by atoms with E-state index in [0.717, 1.165) is 11.1 Å². The Morgan fingerprint density at radius 3 is 3.00 bits per heavy atom. The molecule has 0 spiro atoms. The smallest absolute Gasteiger partial charge is 0.251 e. The molecule has 17 heavy (non-hydrogen) atoms. The van der Waals surface area contributed by atoms with Crippen molar-refractivity contribution in [1.82, 2.24) is 10.6 Å². The lowest BCUT2D eigenvalue weighted by Crippen LogP contribution is -2.40. The summed E-state index contributed by atoms with van der Waals surface area (Å²) in [4.78, 5) is 22.9. The van der Waals surface area contributed by atoms with Crippen LogP contribution in [0.4, 0.5) is 0 Å². The lowest BCUT2D eigenvalue weighted by Gasteiger charge is -2.25. The van der Waals surface area contributed by atoms with Crippen molar-refractivity contribution < 1.29 is 9.59 Å². The van der Waals surface area contributed by atoms with Crippen LogP contribution >= 0.6 is 0 Å². The predicted molar refractivity (Wildman–Crippen MR) is 64.8 cm³/mol. The molecule has 0 fully saturated rings. The summed E-state index contributed by atoms with van der Waals surface area (Å²) in [6.45, 7) is 2.98. The molecular weight excluding hydrogens is 216 g/mol. The molecule has 1 atom stereocenters. The van der Waals surface area contributed by atoms with Crippen LogP contribution in [0.2, 0.25) is 0 Å². The summed E-state index contributed by atoms with van der Waals surface area (Å²) in [7, 11) is 0. The average Bonchev–Trinajstić information content (AvgIpc) is 2.38. The van der Waals surface area contributed by atoms with Crippen LogP contribution < -0.4 is 10.6 Å². The second-order valence-electron chi connectivity index (χ2n) is 4.15. The fraction of sp³-hybridized carbons (Fsp3) is 0.385. The van der Waals surface area contributed by atoms with Gasteiger partial charge in [0.15, 0.2) is 0 Å². The lowest BCUT2D eigenvalue weighted by atomic mass is 9.90. The normalized spacial score (nSPS) is 18.2. The molecule has 1 aliphatic heterocycles. The highest BCUT2D eigenvalue weighted by molar-refractivity contribution is 5.97. The summed E-state index contributed by atoms with van der Waals surface area (Å²) in [5.74, 6) is 0.178. The maximum Gasteiger partial charge on any atom is 0.251 e. The molecule has 2 amide bonds. The molecule has 90 valence electrons. The van der Waals surface area contributed by atoms with Crippen molar-refractivity contribution in [3.05, 3.63) is 35.4 Å². The van der Waals surface area contributed by atoms with Crippen molar-refractivity contribution >= 4 is 11.8 Å². The molecule has 1 aromatic rings. The molecule has 4 heteroatoms. The van der Waals surface area contributed by atoms with Gasteiger partial charge in [0.1, 0.15) is 0 Å². The highest BCUT2D eigenvalue weighted by Gasteiger charge is 2.24. The van der Waals surface area contributed by atoms with Gasteiger partial charge in [-0.15, -0.1) is 0 Å². The van der Waals surface area contributed by atoms with Crippen molar-refractivity contribution in [2.75, 3.05) is 13.1 Å². The van der Waals surface area contributed by atoms with E-state index in [9.17, 15) is 9.59 Å². The number of amides is 2. The highest BCUT2D eigenvalue weighted by atomic mass is 16.2. The van der Waals surface area contributed by atoms with E-state index in [1.165, 1.54) is 0 Å². The molecule has 1 aliphatic rings. The van der Waals surface area contributed by atoms with E-state index >= 15 is 0 Å². The number of hydrogen-bond donors (Lipinski definition) is 2. The second kappa shape index (κ2) is 4.99. The predicted octanol–water partition coefficient (Wildman–Crippen LogP) is 1.04. The minimum atomic E-state index is -0.0290. The van der Waals surface area contributed by atoms with E-state index in [4.69, 9.17) is 0 Å². The lowest BCUT2D eigenvalue weighted by molar-refractivity contribution is -0.120. The molecule has 0 bridgehead atoms. The van der Waals surface area contributed by atoms with Gasteiger partial charge in [-0.25, -0.2) is 0 Å². The Morgan fingerprint density at radius 1 is 1.47 bits per heavy atom. The number of nitrogens with one attached hydrogen (secondary N) is 2. The average molecular weight is 232 g/mol. The SMILES string of the molecule is CCC(=O)NCC1CNC(=O)c2ccccc21. The van der Waals surface area contributed by atoms with Crippen molar-refractivity contribution in [2.24, 2.45) is 0 Å². The molecule has 0 saturated heterocycles. The van der Waals surface area contributed by atoms with Crippen LogP contribution in [0.15, 0.2) is 24.3 Å². The number of fused-ring (bicyclic) bond motifs is 1. The molecular formula is C13H16N2O2. The van der Waals surface area contributed by atoms with Gasteiger partial charge < -0.3 is 10.6 Å². The van der Waals surface area contributed by atoms with Crippen LogP contribution in [-0.2, 0) is 4.79 Å². The topological polar surface area (TPSA) is 58.2 Å². The quantitative estimate of drug-likeness (QED) is 0.818. The second-order valence-corrected chi connectivity index (χ2v) is 4.15. The maximum absolute atomic E-state index is 11.6.